The standard InChI is InChI=1S/C6H6O2.H3O3P/c7-5-3-1-2-4-6(5)8;1-4(2)3/h1-4,7-8H;4H,(H2,1,2,3). The van der Waals surface area contributed by atoms with Crippen LogP contribution in [-0.4, -0.2) is 20.0 Å². The lowest BCUT2D eigenvalue weighted by atomic mass is 10.3. The average Bonchev–Trinajstić information content (AvgIpc) is 1.94. The Kier molecular flexibility index (Phi) is 5.12. The highest BCUT2D eigenvalue weighted by atomic mass is 31.1. The van der Waals surface area contributed by atoms with Crippen LogP contribution in [0.2, 0.25) is 0 Å². The van der Waals surface area contributed by atoms with Crippen molar-refractivity contribution in [2.45, 2.75) is 0 Å². The van der Waals surface area contributed by atoms with Gasteiger partial charge >= 0.3 is 8.25 Å². The van der Waals surface area contributed by atoms with E-state index in [1.165, 1.54) is 12.1 Å². The minimum absolute atomic E-state index is 0.0764. The van der Waals surface area contributed by atoms with Crippen LogP contribution in [0.1, 0.15) is 0 Å². The topological polar surface area (TPSA) is 98.0 Å². The number of phenolic OH excluding ortho intramolecular Hbond substituents is 2. The van der Waals surface area contributed by atoms with Crippen LogP contribution < -0.4 is 0 Å². The van der Waals surface area contributed by atoms with Gasteiger partial charge in [0.2, 0.25) is 0 Å². The van der Waals surface area contributed by atoms with Crippen molar-refractivity contribution in [1.82, 2.24) is 0 Å². The first-order valence-electron chi connectivity index (χ1n) is 2.93. The number of aromatic hydroxyl groups is 2. The predicted octanol–water partition coefficient (Wildman–Crippen LogP) is 0.458. The third-order valence-corrected chi connectivity index (χ3v) is 0.882. The lowest BCUT2D eigenvalue weighted by Gasteiger charge is -1.91. The van der Waals surface area contributed by atoms with Gasteiger partial charge in [-0.1, -0.05) is 12.1 Å². The lowest BCUT2D eigenvalue weighted by molar-refractivity contribution is 0.404. The Morgan fingerprint density at radius 2 is 1.25 bits per heavy atom. The number of para-hydroxylation sites is 2. The van der Waals surface area contributed by atoms with Gasteiger partial charge in [-0.25, -0.2) is 0 Å². The van der Waals surface area contributed by atoms with Gasteiger partial charge < -0.3 is 20.0 Å². The van der Waals surface area contributed by atoms with Crippen molar-refractivity contribution in [3.63, 3.8) is 0 Å². The fourth-order valence-corrected chi connectivity index (χ4v) is 0.464. The summed E-state index contributed by atoms with van der Waals surface area (Å²) in [4.78, 5) is 14.3. The Morgan fingerprint density at radius 3 is 1.42 bits per heavy atom. The van der Waals surface area contributed by atoms with Crippen LogP contribution in [0.4, 0.5) is 0 Å². The Balaban J connectivity index is 0.000000261. The van der Waals surface area contributed by atoms with Gasteiger partial charge in [-0.05, 0) is 12.1 Å². The van der Waals surface area contributed by atoms with Crippen LogP contribution in [0.5, 0.6) is 11.5 Å². The molecule has 4 N–H and O–H groups in total. The largest absolute Gasteiger partial charge is 0.504 e. The lowest BCUT2D eigenvalue weighted by Crippen LogP contribution is -1.63. The van der Waals surface area contributed by atoms with Crippen molar-refractivity contribution in [3.8, 4) is 11.5 Å². The monoisotopic (exact) mass is 192 g/mol. The molecule has 68 valence electrons. The molecular weight excluding hydrogens is 183 g/mol. The van der Waals surface area contributed by atoms with E-state index in [-0.39, 0.29) is 11.5 Å². The summed E-state index contributed by atoms with van der Waals surface area (Å²) in [7, 11) is -3.13. The predicted molar refractivity (Wildman–Crippen MR) is 43.2 cm³/mol. The van der Waals surface area contributed by atoms with Crippen LogP contribution in [-0.2, 0) is 4.57 Å². The molecule has 0 fully saturated rings. The van der Waals surface area contributed by atoms with E-state index in [0.29, 0.717) is 0 Å². The SMILES string of the molecule is O=[PH](O)O.Oc1ccccc1O. The van der Waals surface area contributed by atoms with Gasteiger partial charge in [0, 0.05) is 0 Å². The van der Waals surface area contributed by atoms with Gasteiger partial charge in [0.15, 0.2) is 11.5 Å². The third kappa shape index (κ3) is 5.73. The third-order valence-electron chi connectivity index (χ3n) is 0.882. The minimum Gasteiger partial charge on any atom is -0.504 e. The van der Waals surface area contributed by atoms with Crippen molar-refractivity contribution in [1.29, 1.82) is 0 Å². The van der Waals surface area contributed by atoms with Gasteiger partial charge in [-0.15, -0.1) is 0 Å². The maximum absolute atomic E-state index is 8.74. The smallest absolute Gasteiger partial charge is 0.314 e. The van der Waals surface area contributed by atoms with Crippen LogP contribution in [0, 0.1) is 0 Å². The fraction of sp³-hybridized carbons (Fsp3) is 0. The van der Waals surface area contributed by atoms with Gasteiger partial charge in [0.05, 0.1) is 0 Å². The van der Waals surface area contributed by atoms with E-state index >= 15 is 0 Å². The van der Waals surface area contributed by atoms with Gasteiger partial charge in [0.25, 0.3) is 0 Å². The molecule has 1 aromatic carbocycles. The maximum Gasteiger partial charge on any atom is 0.314 e. The number of rotatable bonds is 0. The van der Waals surface area contributed by atoms with Crippen LogP contribution in [0.15, 0.2) is 24.3 Å². The first-order chi connectivity index (χ1) is 5.54. The second-order valence-corrected chi connectivity index (χ2v) is 2.34. The molecule has 1 rings (SSSR count). The molecule has 0 amide bonds. The van der Waals surface area contributed by atoms with Crippen molar-refractivity contribution >= 4 is 8.25 Å². The summed E-state index contributed by atoms with van der Waals surface area (Å²) < 4.78 is 8.74. The average molecular weight is 192 g/mol. The number of benzene rings is 1. The minimum atomic E-state index is -3.13. The Morgan fingerprint density at radius 1 is 1.00 bits per heavy atom. The molecule has 12 heavy (non-hydrogen) atoms. The van der Waals surface area contributed by atoms with E-state index in [4.69, 9.17) is 24.6 Å². The zero-order valence-corrected chi connectivity index (χ0v) is 7.01. The molecule has 0 aromatic heterocycles. The van der Waals surface area contributed by atoms with Crippen molar-refractivity contribution < 1.29 is 24.6 Å². The summed E-state index contributed by atoms with van der Waals surface area (Å²) in [6.45, 7) is 0. The highest BCUT2D eigenvalue weighted by molar-refractivity contribution is 7.30. The molecule has 0 aliphatic heterocycles. The zero-order valence-electron chi connectivity index (χ0n) is 6.01. The van der Waals surface area contributed by atoms with E-state index in [2.05, 4.69) is 0 Å². The highest BCUT2D eigenvalue weighted by Crippen LogP contribution is 2.21. The molecule has 6 heteroatoms. The number of hydrogen-bond donors (Lipinski definition) is 4. The van der Waals surface area contributed by atoms with Gasteiger partial charge in [-0.2, -0.15) is 0 Å². The van der Waals surface area contributed by atoms with E-state index in [1.54, 1.807) is 12.1 Å². The van der Waals surface area contributed by atoms with E-state index < -0.39 is 8.25 Å². The highest BCUT2D eigenvalue weighted by Gasteiger charge is 1.90. The number of hydrogen-bond acceptors (Lipinski definition) is 3. The molecule has 0 aliphatic rings. The maximum atomic E-state index is 8.74. The molecule has 0 saturated heterocycles. The molecule has 0 saturated carbocycles. The van der Waals surface area contributed by atoms with Crippen molar-refractivity contribution in [3.05, 3.63) is 24.3 Å². The molecule has 1 aromatic rings. The molecule has 0 aliphatic carbocycles. The van der Waals surface area contributed by atoms with Crippen molar-refractivity contribution in [2.24, 2.45) is 0 Å². The molecule has 0 radical (unpaired) electrons. The normalized spacial score (nSPS) is 8.92. The molecule has 0 atom stereocenters. The molecule has 0 bridgehead atoms. The molecule has 0 heterocycles. The van der Waals surface area contributed by atoms with Gasteiger partial charge in [0.1, 0.15) is 0 Å². The Hall–Kier alpha value is -1.03. The Labute approximate surface area is 69.5 Å². The van der Waals surface area contributed by atoms with Crippen LogP contribution >= 0.6 is 8.25 Å². The first-order valence-corrected chi connectivity index (χ1v) is 4.23. The molecular formula is C6H9O5P. The van der Waals surface area contributed by atoms with E-state index in [0.717, 1.165) is 0 Å². The second kappa shape index (κ2) is 5.60. The zero-order chi connectivity index (χ0) is 9.56. The van der Waals surface area contributed by atoms with Crippen molar-refractivity contribution in [2.75, 3.05) is 0 Å². The van der Waals surface area contributed by atoms with Gasteiger partial charge in [-0.3, -0.25) is 4.57 Å². The molecule has 5 nitrogen and oxygen atoms in total. The first kappa shape index (κ1) is 11.0. The van der Waals surface area contributed by atoms with E-state index in [1.807, 2.05) is 0 Å². The fourth-order valence-electron chi connectivity index (χ4n) is 0.464. The molecule has 0 unspecified atom stereocenters. The quantitative estimate of drug-likeness (QED) is 0.353. The summed E-state index contributed by atoms with van der Waals surface area (Å²) in [5.41, 5.74) is 0. The van der Waals surface area contributed by atoms with E-state index in [9.17, 15) is 0 Å². The summed E-state index contributed by atoms with van der Waals surface area (Å²) in [6, 6.07) is 6.15. The Bertz CT molecular complexity index is 237. The molecule has 0 spiro atoms. The van der Waals surface area contributed by atoms with Crippen LogP contribution in [0.25, 0.3) is 0 Å². The number of phenols is 2. The van der Waals surface area contributed by atoms with Crippen LogP contribution in [0.3, 0.4) is 0 Å². The summed E-state index contributed by atoms with van der Waals surface area (Å²) in [5, 5.41) is 17.3. The summed E-state index contributed by atoms with van der Waals surface area (Å²) in [5.74, 6) is -0.153. The summed E-state index contributed by atoms with van der Waals surface area (Å²) >= 11 is 0. The summed E-state index contributed by atoms with van der Waals surface area (Å²) in [6.07, 6.45) is 0. The second-order valence-electron chi connectivity index (χ2n) is 1.77.